The van der Waals surface area contributed by atoms with Crippen LogP contribution in [0.1, 0.15) is 38.9 Å². The number of halogens is 3. The fourth-order valence-corrected chi connectivity index (χ4v) is 11.3. The van der Waals surface area contributed by atoms with Gasteiger partial charge >= 0.3 is 6.18 Å². The number of alkyl halides is 3. The molecule has 0 saturated carbocycles. The van der Waals surface area contributed by atoms with E-state index in [1.54, 1.807) is 12.1 Å². The molecule has 294 valence electrons. The van der Waals surface area contributed by atoms with E-state index in [1.807, 2.05) is 26.0 Å². The summed E-state index contributed by atoms with van der Waals surface area (Å²) in [6.45, 7) is 4.09. The zero-order valence-corrected chi connectivity index (χ0v) is 33.9. The smallest absolute Gasteiger partial charge is 0.192 e. The Kier molecular flexibility index (Phi) is 7.78. The average molecular weight is 804 g/mol. The molecule has 12 rings (SSSR count). The summed E-state index contributed by atoms with van der Waals surface area (Å²) in [6, 6.07) is 40.3. The number of rotatable bonds is 4. The van der Waals surface area contributed by atoms with Gasteiger partial charge in [0.25, 0.3) is 0 Å². The summed E-state index contributed by atoms with van der Waals surface area (Å²) in [4.78, 5) is 0. The molecule has 6 aromatic carbocycles. The lowest BCUT2D eigenvalue weighted by Crippen LogP contribution is -2.31. The Morgan fingerprint density at radius 1 is 0.516 bits per heavy atom. The molecule has 0 spiro atoms. The second kappa shape index (κ2) is 13.3. The van der Waals surface area contributed by atoms with Crippen LogP contribution in [0.2, 0.25) is 0 Å². The summed E-state index contributed by atoms with van der Waals surface area (Å²) in [5, 5.41) is 14.6. The fraction of sp³-hybridized carbons (Fsp3) is 0.0862. The first-order valence-electron chi connectivity index (χ1n) is 21.0. The molecule has 6 aromatic rings. The van der Waals surface area contributed by atoms with E-state index in [2.05, 4.69) is 140 Å². The fourth-order valence-electron chi connectivity index (χ4n) is 11.3. The van der Waals surface area contributed by atoms with E-state index < -0.39 is 11.7 Å². The molecule has 6 aliphatic carbocycles. The van der Waals surface area contributed by atoms with Crippen molar-refractivity contribution in [2.75, 3.05) is 0 Å². The number of allylic oxidation sites excluding steroid dienone is 12. The monoisotopic (exact) mass is 803 g/mol. The average Bonchev–Trinajstić information content (AvgIpc) is 3.80. The molecule has 6 aliphatic rings. The van der Waals surface area contributed by atoms with E-state index in [0.29, 0.717) is 11.1 Å². The van der Waals surface area contributed by atoms with Crippen LogP contribution in [0.15, 0.2) is 169 Å². The molecule has 2 unspecified atom stereocenters. The molecule has 62 heavy (non-hydrogen) atoms. The predicted molar refractivity (Wildman–Crippen MR) is 245 cm³/mol. The lowest BCUT2D eigenvalue weighted by Gasteiger charge is -2.31. The van der Waals surface area contributed by atoms with Crippen molar-refractivity contribution in [1.82, 2.24) is 0 Å². The van der Waals surface area contributed by atoms with E-state index in [4.69, 9.17) is 0 Å². The van der Waals surface area contributed by atoms with Gasteiger partial charge in [-0.1, -0.05) is 152 Å². The SMILES string of the molecule is Cc1cc(-c2ccc(C#N)c(C(F)(F)F)c2)cc(C)c1C1=CC=C2c3c(-c4ccccc4)c4c(c(-c5ccccc5)c3=C3C=CC=C1C23)C1=CC=CC2=c3ccccc3=C(C=4)C12. The van der Waals surface area contributed by atoms with Crippen LogP contribution in [0.4, 0.5) is 13.2 Å². The minimum atomic E-state index is -4.64. The Hall–Kier alpha value is -7.48. The van der Waals surface area contributed by atoms with Crippen molar-refractivity contribution in [3.8, 4) is 39.4 Å². The van der Waals surface area contributed by atoms with Crippen molar-refractivity contribution in [3.05, 3.63) is 229 Å². The van der Waals surface area contributed by atoms with Crippen LogP contribution in [0.25, 0.3) is 72.9 Å². The van der Waals surface area contributed by atoms with Gasteiger partial charge in [-0.15, -0.1) is 0 Å². The topological polar surface area (TPSA) is 23.8 Å². The van der Waals surface area contributed by atoms with Crippen molar-refractivity contribution in [2.45, 2.75) is 20.0 Å². The third-order valence-corrected chi connectivity index (χ3v) is 13.7. The van der Waals surface area contributed by atoms with Crippen molar-refractivity contribution in [3.63, 3.8) is 0 Å². The lowest BCUT2D eigenvalue weighted by molar-refractivity contribution is -0.137. The maximum absolute atomic E-state index is 14.0. The zero-order valence-electron chi connectivity index (χ0n) is 33.9. The zero-order chi connectivity index (χ0) is 42.0. The van der Waals surface area contributed by atoms with Crippen molar-refractivity contribution >= 4 is 39.5 Å². The summed E-state index contributed by atoms with van der Waals surface area (Å²) in [7, 11) is 0. The van der Waals surface area contributed by atoms with E-state index in [9.17, 15) is 18.4 Å². The van der Waals surface area contributed by atoms with Gasteiger partial charge in [-0.2, -0.15) is 18.4 Å². The van der Waals surface area contributed by atoms with Crippen LogP contribution < -0.4 is 20.9 Å². The molecular formula is C58H36F3N. The molecule has 1 nitrogen and oxygen atoms in total. The maximum Gasteiger partial charge on any atom is 0.417 e. The van der Waals surface area contributed by atoms with Crippen molar-refractivity contribution in [1.29, 1.82) is 5.26 Å². The molecule has 0 radical (unpaired) electrons. The lowest BCUT2D eigenvalue weighted by atomic mass is 9.71. The molecule has 0 N–H and O–H groups in total. The highest BCUT2D eigenvalue weighted by Gasteiger charge is 2.42. The molecule has 0 amide bonds. The summed E-state index contributed by atoms with van der Waals surface area (Å²) >= 11 is 0. The molecule has 0 heterocycles. The number of fused-ring (bicyclic) bond motifs is 5. The highest BCUT2D eigenvalue weighted by Crippen LogP contribution is 2.54. The standard InChI is InChI=1S/C58H36F3N/c1-32-27-38(36-23-24-37(31-62)49(29-36)58(59,60)61)28-33(2)50(32)43-25-26-46-53-42(43)20-12-22-45(53)57-52(35-15-7-4-8-16-35)55-44-21-11-19-41-39-17-9-10-18-40(39)47(54(41)44)30-48(55)51(56(46)57)34-13-5-3-6-14-34/h3-30,53-54H,1-2H3. The van der Waals surface area contributed by atoms with Crippen LogP contribution in [0.5, 0.6) is 0 Å². The highest BCUT2D eigenvalue weighted by atomic mass is 19.4. The van der Waals surface area contributed by atoms with E-state index in [-0.39, 0.29) is 17.4 Å². The molecule has 0 bridgehead atoms. The summed E-state index contributed by atoms with van der Waals surface area (Å²) in [5.74, 6) is 0.121. The number of hydrogen-bond donors (Lipinski definition) is 0. The van der Waals surface area contributed by atoms with Gasteiger partial charge in [0, 0.05) is 11.8 Å². The van der Waals surface area contributed by atoms with Gasteiger partial charge in [0.2, 0.25) is 0 Å². The normalized spacial score (nSPS) is 18.4. The van der Waals surface area contributed by atoms with E-state index >= 15 is 0 Å². The van der Waals surface area contributed by atoms with Crippen LogP contribution in [0, 0.1) is 37.0 Å². The molecule has 4 heteroatoms. The van der Waals surface area contributed by atoms with Gasteiger partial charge in [-0.3, -0.25) is 0 Å². The van der Waals surface area contributed by atoms with Crippen LogP contribution in [-0.2, 0) is 6.18 Å². The second-order valence-electron chi connectivity index (χ2n) is 17.0. The number of nitriles is 1. The summed E-state index contributed by atoms with van der Waals surface area (Å²) in [6.07, 6.45) is 16.1. The highest BCUT2D eigenvalue weighted by molar-refractivity contribution is 6.12. The minimum absolute atomic E-state index is 0.0228. The first kappa shape index (κ1) is 36.4. The van der Waals surface area contributed by atoms with Gasteiger partial charge in [0.15, 0.2) is 0 Å². The quantitative estimate of drug-likeness (QED) is 0.174. The van der Waals surface area contributed by atoms with Crippen molar-refractivity contribution < 1.29 is 13.2 Å². The minimum Gasteiger partial charge on any atom is -0.192 e. The molecule has 0 fully saturated rings. The van der Waals surface area contributed by atoms with Gasteiger partial charge in [0.05, 0.1) is 17.2 Å². The van der Waals surface area contributed by atoms with Gasteiger partial charge in [-0.25, -0.2) is 0 Å². The predicted octanol–water partition coefficient (Wildman–Crippen LogP) is 11.3. The Morgan fingerprint density at radius 3 is 1.81 bits per heavy atom. The first-order chi connectivity index (χ1) is 30.2. The molecule has 0 aliphatic heterocycles. The van der Waals surface area contributed by atoms with Crippen LogP contribution in [0.3, 0.4) is 0 Å². The number of aryl methyl sites for hydroxylation is 2. The first-order valence-corrected chi connectivity index (χ1v) is 21.0. The third kappa shape index (κ3) is 5.09. The Morgan fingerprint density at radius 2 is 1.13 bits per heavy atom. The number of hydrogen-bond acceptors (Lipinski definition) is 1. The van der Waals surface area contributed by atoms with Gasteiger partial charge in [0.1, 0.15) is 0 Å². The van der Waals surface area contributed by atoms with E-state index in [0.717, 1.165) is 28.3 Å². The van der Waals surface area contributed by atoms with Crippen LogP contribution in [-0.4, -0.2) is 0 Å². The van der Waals surface area contributed by atoms with Crippen LogP contribution >= 0.6 is 0 Å². The summed E-state index contributed by atoms with van der Waals surface area (Å²) in [5.41, 5.74) is 19.2. The van der Waals surface area contributed by atoms with Gasteiger partial charge in [-0.05, 0) is 153 Å². The summed E-state index contributed by atoms with van der Waals surface area (Å²) < 4.78 is 42.1. The number of nitrogens with zero attached hydrogens (tertiary/aromatic N) is 1. The number of benzene rings is 6. The Bertz CT molecular complexity index is 3540. The molecule has 2 atom stereocenters. The Labute approximate surface area is 357 Å². The molecule has 0 saturated heterocycles. The van der Waals surface area contributed by atoms with E-state index in [1.165, 1.54) is 93.8 Å². The Balaban J connectivity index is 1.13. The largest absolute Gasteiger partial charge is 0.417 e. The molecule has 0 aromatic heterocycles. The van der Waals surface area contributed by atoms with Gasteiger partial charge < -0.3 is 0 Å². The maximum atomic E-state index is 14.0. The second-order valence-corrected chi connectivity index (χ2v) is 17.0. The molecular weight excluding hydrogens is 768 g/mol. The van der Waals surface area contributed by atoms with Crippen molar-refractivity contribution in [2.24, 2.45) is 11.8 Å². The third-order valence-electron chi connectivity index (χ3n) is 13.7.